The molecular formula is C27H34FN5O5S. The number of likely N-dealkylation sites (tertiary alicyclic amines) is 1. The molecule has 39 heavy (non-hydrogen) atoms. The van der Waals surface area contributed by atoms with Gasteiger partial charge in [0.05, 0.1) is 30.2 Å². The summed E-state index contributed by atoms with van der Waals surface area (Å²) in [6, 6.07) is 10.6. The number of benzene rings is 2. The third-order valence-corrected chi connectivity index (χ3v) is 7.78. The summed E-state index contributed by atoms with van der Waals surface area (Å²) in [7, 11) is -4.11. The Morgan fingerprint density at radius 3 is 2.44 bits per heavy atom. The molecule has 0 amide bonds. The smallest absolute Gasteiger partial charge is 0.323 e. The van der Waals surface area contributed by atoms with Crippen LogP contribution in [0.4, 0.5) is 10.1 Å². The van der Waals surface area contributed by atoms with E-state index in [1.54, 1.807) is 50.3 Å². The molecule has 2 aromatic carbocycles. The van der Waals surface area contributed by atoms with Gasteiger partial charge in [-0.15, -0.1) is 0 Å². The van der Waals surface area contributed by atoms with Crippen LogP contribution >= 0.6 is 0 Å². The van der Waals surface area contributed by atoms with Gasteiger partial charge in [0.1, 0.15) is 23.5 Å². The number of carbonyl (C=O) groups is 1. The number of hydrogen-bond acceptors (Lipinski definition) is 7. The van der Waals surface area contributed by atoms with Crippen molar-refractivity contribution in [3.63, 3.8) is 0 Å². The van der Waals surface area contributed by atoms with Crippen LogP contribution in [0.1, 0.15) is 37.8 Å². The van der Waals surface area contributed by atoms with Crippen molar-refractivity contribution < 1.29 is 27.1 Å². The number of amidine groups is 2. The first-order valence-corrected chi connectivity index (χ1v) is 14.1. The monoisotopic (exact) mass is 559 g/mol. The van der Waals surface area contributed by atoms with Gasteiger partial charge in [-0.3, -0.25) is 19.9 Å². The summed E-state index contributed by atoms with van der Waals surface area (Å²) >= 11 is 0. The molecule has 210 valence electrons. The summed E-state index contributed by atoms with van der Waals surface area (Å²) in [5.41, 5.74) is 6.22. The molecule has 0 radical (unpaired) electrons. The number of piperidine rings is 1. The van der Waals surface area contributed by atoms with E-state index in [1.165, 1.54) is 18.2 Å². The summed E-state index contributed by atoms with van der Waals surface area (Å²) in [5, 5.41) is 15.3. The first-order chi connectivity index (χ1) is 18.5. The fraction of sp³-hybridized carbons (Fsp3) is 0.370. The normalized spacial score (nSPS) is 14.3. The van der Waals surface area contributed by atoms with Gasteiger partial charge in [-0.05, 0) is 55.8 Å². The Morgan fingerprint density at radius 2 is 1.85 bits per heavy atom. The van der Waals surface area contributed by atoms with E-state index in [4.69, 9.17) is 26.0 Å². The van der Waals surface area contributed by atoms with Crippen molar-refractivity contribution in [2.24, 2.45) is 5.73 Å². The number of nitrogens with one attached hydrogen (secondary N) is 2. The Morgan fingerprint density at radius 1 is 1.18 bits per heavy atom. The molecule has 0 unspecified atom stereocenters. The van der Waals surface area contributed by atoms with Crippen LogP contribution in [-0.4, -0.2) is 69.1 Å². The Hall–Kier alpha value is -3.93. The lowest BCUT2D eigenvalue weighted by Gasteiger charge is -2.32. The maximum Gasteiger partial charge on any atom is 0.323 e. The Balaban J connectivity index is 1.78. The quantitative estimate of drug-likeness (QED) is 0.217. The number of nitrogen functional groups attached to an aromatic ring is 1. The maximum atomic E-state index is 13.9. The molecule has 0 aromatic heterocycles. The topological polar surface area (TPSA) is 150 Å². The van der Waals surface area contributed by atoms with E-state index in [2.05, 4.69) is 0 Å². The van der Waals surface area contributed by atoms with Gasteiger partial charge in [-0.2, -0.15) is 0 Å². The van der Waals surface area contributed by atoms with E-state index in [9.17, 15) is 17.6 Å². The Kier molecular flexibility index (Phi) is 10.0. The van der Waals surface area contributed by atoms with Gasteiger partial charge in [-0.25, -0.2) is 12.8 Å². The lowest BCUT2D eigenvalue weighted by Crippen LogP contribution is -2.40. The van der Waals surface area contributed by atoms with Gasteiger partial charge in [-0.1, -0.05) is 18.2 Å². The summed E-state index contributed by atoms with van der Waals surface area (Å²) in [4.78, 5) is 14.0. The summed E-state index contributed by atoms with van der Waals surface area (Å²) in [5.74, 6) is -1.61. The van der Waals surface area contributed by atoms with Crippen molar-refractivity contribution in [2.45, 2.75) is 32.8 Å². The molecule has 2 aromatic rings. The zero-order valence-electron chi connectivity index (χ0n) is 22.0. The molecule has 0 saturated carbocycles. The molecule has 0 spiro atoms. The summed E-state index contributed by atoms with van der Waals surface area (Å²) in [6.45, 7) is 4.79. The van der Waals surface area contributed by atoms with E-state index in [0.29, 0.717) is 22.8 Å². The number of halogens is 1. The molecule has 1 heterocycles. The molecule has 1 saturated heterocycles. The second-order valence-corrected chi connectivity index (χ2v) is 10.9. The number of nitrogens with zero attached hydrogens (tertiary/aromatic N) is 2. The molecule has 0 aliphatic carbocycles. The summed E-state index contributed by atoms with van der Waals surface area (Å²) < 4.78 is 52.2. The largest absolute Gasteiger partial charge is 0.490 e. The molecule has 4 N–H and O–H groups in total. The molecule has 0 atom stereocenters. The van der Waals surface area contributed by atoms with Gasteiger partial charge >= 0.3 is 5.97 Å². The second kappa shape index (κ2) is 13.2. The standard InChI is InChI=1S/C27H34FN5O5S/c1-3-37-26(34)18-39(35,36)33(14-4-5-20-6-11-25(28)24(17-20)27(30)31)21-7-9-22(10-8-21)38-23-12-15-32(16-13-23)19(2)29/h4-11,17,23,29H,3,12-16,18H2,1-2H3,(H3,30,31)/b5-4+,29-19?. The van der Waals surface area contributed by atoms with Crippen molar-refractivity contribution >= 4 is 39.4 Å². The second-order valence-electron chi connectivity index (χ2n) is 9.03. The molecule has 1 aliphatic heterocycles. The lowest BCUT2D eigenvalue weighted by molar-refractivity contribution is -0.139. The molecule has 12 heteroatoms. The highest BCUT2D eigenvalue weighted by Crippen LogP contribution is 2.25. The van der Waals surface area contributed by atoms with Gasteiger partial charge in [0, 0.05) is 25.9 Å². The van der Waals surface area contributed by atoms with E-state index >= 15 is 0 Å². The first-order valence-electron chi connectivity index (χ1n) is 12.5. The number of carbonyl (C=O) groups excluding carboxylic acids is 1. The third kappa shape index (κ3) is 8.28. The zero-order valence-corrected chi connectivity index (χ0v) is 22.8. The van der Waals surface area contributed by atoms with E-state index in [-0.39, 0.29) is 24.8 Å². The minimum Gasteiger partial charge on any atom is -0.490 e. The molecule has 1 fully saturated rings. The van der Waals surface area contributed by atoms with Crippen LogP contribution in [0, 0.1) is 16.6 Å². The Labute approximate surface area is 228 Å². The zero-order chi connectivity index (χ0) is 28.6. The average Bonchev–Trinajstić information content (AvgIpc) is 2.88. The number of rotatable bonds is 11. The van der Waals surface area contributed by atoms with Crippen molar-refractivity contribution in [3.05, 3.63) is 65.5 Å². The number of nitrogens with two attached hydrogens (primary N) is 1. The van der Waals surface area contributed by atoms with Crippen LogP contribution in [0.2, 0.25) is 0 Å². The molecule has 10 nitrogen and oxygen atoms in total. The highest BCUT2D eigenvalue weighted by Gasteiger charge is 2.26. The highest BCUT2D eigenvalue weighted by molar-refractivity contribution is 7.93. The SMILES string of the molecule is CCOC(=O)CS(=O)(=O)N(C/C=C/c1ccc(F)c(C(=N)N)c1)c1ccc(OC2CCN(C(C)=N)CC2)cc1. The highest BCUT2D eigenvalue weighted by atomic mass is 32.2. The van der Waals surface area contributed by atoms with Crippen molar-refractivity contribution in [1.29, 1.82) is 10.8 Å². The van der Waals surface area contributed by atoms with Crippen LogP contribution in [-0.2, 0) is 19.6 Å². The summed E-state index contributed by atoms with van der Waals surface area (Å²) in [6.07, 6.45) is 4.69. The Bertz CT molecular complexity index is 1320. The van der Waals surface area contributed by atoms with Gasteiger partial charge in [0.15, 0.2) is 5.75 Å². The lowest BCUT2D eigenvalue weighted by atomic mass is 10.1. The van der Waals surface area contributed by atoms with Gasteiger partial charge in [0.25, 0.3) is 0 Å². The maximum absolute atomic E-state index is 13.9. The van der Waals surface area contributed by atoms with Crippen LogP contribution in [0.3, 0.4) is 0 Å². The van der Waals surface area contributed by atoms with E-state index < -0.39 is 33.4 Å². The number of hydrogen-bond donors (Lipinski definition) is 3. The van der Waals surface area contributed by atoms with Gasteiger partial charge in [0.2, 0.25) is 10.0 Å². The number of anilines is 1. The number of esters is 1. The van der Waals surface area contributed by atoms with Crippen LogP contribution in [0.15, 0.2) is 48.5 Å². The fourth-order valence-electron chi connectivity index (χ4n) is 4.14. The van der Waals surface area contributed by atoms with E-state index in [1.807, 2.05) is 4.90 Å². The molecule has 0 bridgehead atoms. The fourth-order valence-corrected chi connectivity index (χ4v) is 5.43. The van der Waals surface area contributed by atoms with Gasteiger partial charge < -0.3 is 20.1 Å². The van der Waals surface area contributed by atoms with Crippen LogP contribution < -0.4 is 14.8 Å². The number of ether oxygens (including phenoxy) is 2. The predicted molar refractivity (Wildman–Crippen MR) is 149 cm³/mol. The molecular weight excluding hydrogens is 525 g/mol. The minimum atomic E-state index is -4.11. The van der Waals surface area contributed by atoms with Crippen LogP contribution in [0.25, 0.3) is 6.08 Å². The minimum absolute atomic E-state index is 0.00589. The molecule has 1 aliphatic rings. The van der Waals surface area contributed by atoms with Crippen molar-refractivity contribution in [3.8, 4) is 5.75 Å². The van der Waals surface area contributed by atoms with Crippen molar-refractivity contribution in [1.82, 2.24) is 4.90 Å². The predicted octanol–water partition coefficient (Wildman–Crippen LogP) is 3.36. The number of sulfonamides is 1. The average molecular weight is 560 g/mol. The van der Waals surface area contributed by atoms with E-state index in [0.717, 1.165) is 30.2 Å². The molecule has 3 rings (SSSR count). The third-order valence-electron chi connectivity index (χ3n) is 6.15. The van der Waals surface area contributed by atoms with Crippen molar-refractivity contribution in [2.75, 3.05) is 36.3 Å². The van der Waals surface area contributed by atoms with Crippen LogP contribution in [0.5, 0.6) is 5.75 Å². The first kappa shape index (κ1) is 29.6.